The summed E-state index contributed by atoms with van der Waals surface area (Å²) in [5, 5.41) is 4.61. The average molecular weight is 298 g/mol. The van der Waals surface area contributed by atoms with E-state index in [1.54, 1.807) is 0 Å². The molecule has 1 aliphatic carbocycles. The Morgan fingerprint density at radius 3 is 2.79 bits per heavy atom. The van der Waals surface area contributed by atoms with Crippen molar-refractivity contribution in [2.45, 2.75) is 32.1 Å². The van der Waals surface area contributed by atoms with Gasteiger partial charge in [0.15, 0.2) is 0 Å². The number of hydrogen-bond donors (Lipinski definition) is 2. The van der Waals surface area contributed by atoms with Crippen LogP contribution in [0.15, 0.2) is 4.99 Å². The van der Waals surface area contributed by atoms with Gasteiger partial charge in [-0.15, -0.1) is 0 Å². The minimum atomic E-state index is 0.293. The van der Waals surface area contributed by atoms with Crippen LogP contribution in [0.3, 0.4) is 0 Å². The first-order chi connectivity index (χ1) is 9.11. The van der Waals surface area contributed by atoms with E-state index in [1.165, 1.54) is 5.56 Å². The van der Waals surface area contributed by atoms with Crippen molar-refractivity contribution in [1.82, 2.24) is 5.32 Å². The summed E-state index contributed by atoms with van der Waals surface area (Å²) in [4.78, 5) is 4.57. The van der Waals surface area contributed by atoms with Gasteiger partial charge >= 0.3 is 0 Å². The first kappa shape index (κ1) is 13.1. The molecule has 1 aromatic rings. The Labute approximate surface area is 123 Å². The van der Waals surface area contributed by atoms with Gasteiger partial charge in [0.05, 0.1) is 22.3 Å². The van der Waals surface area contributed by atoms with E-state index < -0.39 is 0 Å². The molecule has 1 heterocycles. The summed E-state index contributed by atoms with van der Waals surface area (Å²) in [6.45, 7) is 3.81. The fourth-order valence-electron chi connectivity index (χ4n) is 3.19. The molecule has 0 fully saturated rings. The Hall–Kier alpha value is -0.930. The Morgan fingerprint density at radius 2 is 2.11 bits per heavy atom. The highest BCUT2D eigenvalue weighted by atomic mass is 35.5. The monoisotopic (exact) mass is 297 g/mol. The lowest BCUT2D eigenvalue weighted by Gasteiger charge is -2.29. The molecule has 0 radical (unpaired) electrons. The third kappa shape index (κ3) is 2.00. The molecule has 3 N–H and O–H groups in total. The van der Waals surface area contributed by atoms with Crippen molar-refractivity contribution >= 4 is 34.7 Å². The summed E-state index contributed by atoms with van der Waals surface area (Å²) in [6.07, 6.45) is 3.18. The number of halogens is 2. The lowest BCUT2D eigenvalue weighted by molar-refractivity contribution is 0.638. The topological polar surface area (TPSA) is 50.4 Å². The number of nitrogens with two attached hydrogens (primary N) is 1. The summed E-state index contributed by atoms with van der Waals surface area (Å²) in [7, 11) is 0. The number of nitrogens with one attached hydrogen (secondary N) is 1. The molecule has 102 valence electrons. The Kier molecular flexibility index (Phi) is 3.35. The third-order valence-corrected chi connectivity index (χ3v) is 5.01. The SMILES string of the molecule is Cc1c(Cl)c(N)c(Cl)c2c1C(C1=NCCN1)CCC2. The normalized spacial score (nSPS) is 21.8. The van der Waals surface area contributed by atoms with E-state index in [0.29, 0.717) is 21.7 Å². The second-order valence-electron chi connectivity index (χ2n) is 5.20. The van der Waals surface area contributed by atoms with Crippen molar-refractivity contribution in [3.63, 3.8) is 0 Å². The lowest BCUT2D eigenvalue weighted by atomic mass is 9.79. The van der Waals surface area contributed by atoms with Gasteiger partial charge in [-0.1, -0.05) is 23.2 Å². The van der Waals surface area contributed by atoms with Crippen LogP contribution in [0.1, 0.15) is 35.4 Å². The summed E-state index contributed by atoms with van der Waals surface area (Å²) in [6, 6.07) is 0. The van der Waals surface area contributed by atoms with Gasteiger partial charge < -0.3 is 11.1 Å². The van der Waals surface area contributed by atoms with Crippen LogP contribution >= 0.6 is 23.2 Å². The second-order valence-corrected chi connectivity index (χ2v) is 5.95. The molecular weight excluding hydrogens is 281 g/mol. The standard InChI is InChI=1S/C14H17Cl2N3/c1-7-10-8(12(16)13(17)11(7)15)3-2-4-9(10)14-18-5-6-19-14/h9H,2-6,17H2,1H3,(H,18,19). The smallest absolute Gasteiger partial charge is 0.104 e. The molecule has 0 amide bonds. The van der Waals surface area contributed by atoms with E-state index >= 15 is 0 Å². The molecule has 1 aliphatic heterocycles. The van der Waals surface area contributed by atoms with Crippen LogP contribution in [0.25, 0.3) is 0 Å². The number of fused-ring (bicyclic) bond motifs is 1. The van der Waals surface area contributed by atoms with Crippen LogP contribution in [-0.2, 0) is 6.42 Å². The highest BCUT2D eigenvalue weighted by molar-refractivity contribution is 6.40. The van der Waals surface area contributed by atoms with Crippen LogP contribution in [0, 0.1) is 6.92 Å². The fourth-order valence-corrected chi connectivity index (χ4v) is 3.73. The van der Waals surface area contributed by atoms with Gasteiger partial charge in [-0.05, 0) is 42.9 Å². The van der Waals surface area contributed by atoms with E-state index in [1.807, 2.05) is 6.92 Å². The number of hydrogen-bond acceptors (Lipinski definition) is 3. The number of benzene rings is 1. The molecule has 2 aliphatic rings. The van der Waals surface area contributed by atoms with Crippen molar-refractivity contribution in [1.29, 1.82) is 0 Å². The van der Waals surface area contributed by atoms with Crippen molar-refractivity contribution < 1.29 is 0 Å². The highest BCUT2D eigenvalue weighted by Crippen LogP contribution is 2.44. The number of aliphatic imine (C=N–C) groups is 1. The molecule has 0 saturated heterocycles. The largest absolute Gasteiger partial charge is 0.396 e. The molecule has 0 bridgehead atoms. The van der Waals surface area contributed by atoms with Gasteiger partial charge in [0.2, 0.25) is 0 Å². The zero-order valence-electron chi connectivity index (χ0n) is 10.9. The first-order valence-corrected chi connectivity index (χ1v) is 7.41. The maximum Gasteiger partial charge on any atom is 0.104 e. The van der Waals surface area contributed by atoms with E-state index in [4.69, 9.17) is 28.9 Å². The summed E-state index contributed by atoms with van der Waals surface area (Å²) in [5.74, 6) is 1.38. The third-order valence-electron chi connectivity index (χ3n) is 4.09. The Balaban J connectivity index is 2.18. The predicted octanol–water partition coefficient (Wildman–Crippen LogP) is 3.31. The van der Waals surface area contributed by atoms with Crippen molar-refractivity contribution in [2.24, 2.45) is 4.99 Å². The number of nitrogen functional groups attached to an aromatic ring is 1. The van der Waals surface area contributed by atoms with Crippen LogP contribution < -0.4 is 11.1 Å². The highest BCUT2D eigenvalue weighted by Gasteiger charge is 2.31. The maximum absolute atomic E-state index is 6.39. The number of anilines is 1. The molecule has 3 rings (SSSR count). The molecule has 0 spiro atoms. The van der Waals surface area contributed by atoms with Crippen molar-refractivity contribution in [3.8, 4) is 0 Å². The number of rotatable bonds is 1. The second kappa shape index (κ2) is 4.88. The molecular formula is C14H17Cl2N3. The first-order valence-electron chi connectivity index (χ1n) is 6.65. The predicted molar refractivity (Wildman–Crippen MR) is 81.6 cm³/mol. The van der Waals surface area contributed by atoms with Crippen LogP contribution in [0.5, 0.6) is 0 Å². The molecule has 0 aromatic heterocycles. The molecule has 0 saturated carbocycles. The van der Waals surface area contributed by atoms with E-state index in [-0.39, 0.29) is 0 Å². The zero-order chi connectivity index (χ0) is 13.6. The molecule has 1 aromatic carbocycles. The molecule has 1 unspecified atom stereocenters. The van der Waals surface area contributed by atoms with Gasteiger partial charge in [0.1, 0.15) is 5.84 Å². The molecule has 5 heteroatoms. The van der Waals surface area contributed by atoms with Crippen LogP contribution in [0.2, 0.25) is 10.0 Å². The average Bonchev–Trinajstić information content (AvgIpc) is 2.96. The zero-order valence-corrected chi connectivity index (χ0v) is 12.4. The molecule has 3 nitrogen and oxygen atoms in total. The lowest BCUT2D eigenvalue weighted by Crippen LogP contribution is -2.29. The van der Waals surface area contributed by atoms with Crippen LogP contribution in [-0.4, -0.2) is 18.9 Å². The van der Waals surface area contributed by atoms with Gasteiger partial charge in [-0.3, -0.25) is 4.99 Å². The van der Waals surface area contributed by atoms with E-state index in [0.717, 1.165) is 49.3 Å². The minimum Gasteiger partial charge on any atom is -0.396 e. The number of nitrogens with zero attached hydrogens (tertiary/aromatic N) is 1. The van der Waals surface area contributed by atoms with Gasteiger partial charge in [-0.25, -0.2) is 0 Å². The summed E-state index contributed by atoms with van der Waals surface area (Å²) >= 11 is 12.7. The Bertz CT molecular complexity index is 567. The van der Waals surface area contributed by atoms with E-state index in [2.05, 4.69) is 10.3 Å². The molecule has 19 heavy (non-hydrogen) atoms. The van der Waals surface area contributed by atoms with Crippen molar-refractivity contribution in [3.05, 3.63) is 26.7 Å². The summed E-state index contributed by atoms with van der Waals surface area (Å²) in [5.41, 5.74) is 9.97. The fraction of sp³-hybridized carbons (Fsp3) is 0.500. The van der Waals surface area contributed by atoms with Crippen molar-refractivity contribution in [2.75, 3.05) is 18.8 Å². The van der Waals surface area contributed by atoms with E-state index in [9.17, 15) is 0 Å². The van der Waals surface area contributed by atoms with Crippen LogP contribution in [0.4, 0.5) is 5.69 Å². The Morgan fingerprint density at radius 1 is 1.32 bits per heavy atom. The minimum absolute atomic E-state index is 0.293. The molecule has 1 atom stereocenters. The van der Waals surface area contributed by atoms with Gasteiger partial charge in [0, 0.05) is 12.5 Å². The quantitative estimate of drug-likeness (QED) is 0.782. The summed E-state index contributed by atoms with van der Waals surface area (Å²) < 4.78 is 0. The number of amidine groups is 1. The maximum atomic E-state index is 6.39. The van der Waals surface area contributed by atoms with Gasteiger partial charge in [0.25, 0.3) is 0 Å². The van der Waals surface area contributed by atoms with Gasteiger partial charge in [-0.2, -0.15) is 0 Å².